The van der Waals surface area contributed by atoms with Crippen LogP contribution >= 0.6 is 27.5 Å². The molecule has 100 valence electrons. The van der Waals surface area contributed by atoms with Crippen molar-refractivity contribution < 1.29 is 5.11 Å². The predicted octanol–water partition coefficient (Wildman–Crippen LogP) is 4.81. The fourth-order valence-corrected chi connectivity index (χ4v) is 2.54. The second kappa shape index (κ2) is 6.56. The Kier molecular flexibility index (Phi) is 5.03. The summed E-state index contributed by atoms with van der Waals surface area (Å²) in [5.74, 6) is 0.0919. The molecular weight excluding hydrogens is 324 g/mol. The van der Waals surface area contributed by atoms with Crippen molar-refractivity contribution in [2.24, 2.45) is 0 Å². The van der Waals surface area contributed by atoms with Gasteiger partial charge < -0.3 is 5.11 Å². The molecule has 0 bridgehead atoms. The van der Waals surface area contributed by atoms with Gasteiger partial charge >= 0.3 is 0 Å². The van der Waals surface area contributed by atoms with Crippen molar-refractivity contribution in [3.63, 3.8) is 0 Å². The van der Waals surface area contributed by atoms with Crippen molar-refractivity contribution in [2.75, 3.05) is 0 Å². The predicted molar refractivity (Wildman–Crippen MR) is 83.7 cm³/mol. The van der Waals surface area contributed by atoms with Crippen molar-refractivity contribution in [1.29, 1.82) is 0 Å². The molecule has 2 aromatic rings. The number of benzene rings is 2. The lowest BCUT2D eigenvalue weighted by Crippen LogP contribution is -2.17. The summed E-state index contributed by atoms with van der Waals surface area (Å²) in [6.07, 6.45) is 0.410. The highest BCUT2D eigenvalue weighted by Crippen LogP contribution is 2.26. The topological polar surface area (TPSA) is 20.2 Å². The van der Waals surface area contributed by atoms with Crippen LogP contribution in [0.3, 0.4) is 0 Å². The van der Waals surface area contributed by atoms with Crippen LogP contribution in [0.5, 0.6) is 0 Å². The lowest BCUT2D eigenvalue weighted by atomic mass is 9.88. The first-order valence-electron chi connectivity index (χ1n) is 6.24. The molecule has 0 aliphatic heterocycles. The molecule has 2 rings (SSSR count). The average Bonchev–Trinajstić information content (AvgIpc) is 2.39. The molecule has 0 amide bonds. The highest BCUT2D eigenvalue weighted by molar-refractivity contribution is 9.10. The number of aliphatic hydroxyl groups excluding tert-OH is 1. The maximum absolute atomic E-state index is 10.0. The number of rotatable bonds is 4. The zero-order chi connectivity index (χ0) is 13.8. The number of hydrogen-bond acceptors (Lipinski definition) is 1. The first-order chi connectivity index (χ1) is 9.06. The molecule has 0 heterocycles. The van der Waals surface area contributed by atoms with Crippen LogP contribution in [-0.4, -0.2) is 11.2 Å². The fraction of sp³-hybridized carbons (Fsp3) is 0.250. The SMILES string of the molecule is CC(O)C(Cc1ccc(Cl)cc1)c1ccc(Br)cc1. The van der Waals surface area contributed by atoms with Crippen molar-refractivity contribution >= 4 is 27.5 Å². The summed E-state index contributed by atoms with van der Waals surface area (Å²) in [6, 6.07) is 15.9. The van der Waals surface area contributed by atoms with Gasteiger partial charge in [-0.2, -0.15) is 0 Å². The van der Waals surface area contributed by atoms with Gasteiger partial charge in [-0.25, -0.2) is 0 Å². The van der Waals surface area contributed by atoms with Gasteiger partial charge in [0.15, 0.2) is 0 Å². The molecule has 0 radical (unpaired) electrons. The van der Waals surface area contributed by atoms with Gasteiger partial charge in [0.25, 0.3) is 0 Å². The fourth-order valence-electron chi connectivity index (χ4n) is 2.15. The van der Waals surface area contributed by atoms with Crippen molar-refractivity contribution in [1.82, 2.24) is 0 Å². The molecule has 1 N–H and O–H groups in total. The van der Waals surface area contributed by atoms with Crippen molar-refractivity contribution in [2.45, 2.75) is 25.4 Å². The highest BCUT2D eigenvalue weighted by Gasteiger charge is 2.17. The van der Waals surface area contributed by atoms with Crippen molar-refractivity contribution in [3.05, 3.63) is 69.2 Å². The van der Waals surface area contributed by atoms with Gasteiger partial charge in [0.05, 0.1) is 6.10 Å². The third-order valence-corrected chi connectivity index (χ3v) is 4.03. The Morgan fingerprint density at radius 2 is 1.63 bits per heavy atom. The summed E-state index contributed by atoms with van der Waals surface area (Å²) in [4.78, 5) is 0. The number of hydrogen-bond donors (Lipinski definition) is 1. The number of halogens is 2. The summed E-state index contributed by atoms with van der Waals surface area (Å²) in [7, 11) is 0. The lowest BCUT2D eigenvalue weighted by molar-refractivity contribution is 0.161. The van der Waals surface area contributed by atoms with E-state index >= 15 is 0 Å². The molecule has 1 nitrogen and oxygen atoms in total. The molecule has 0 fully saturated rings. The van der Waals surface area contributed by atoms with E-state index in [4.69, 9.17) is 11.6 Å². The third kappa shape index (κ3) is 4.07. The maximum Gasteiger partial charge on any atom is 0.0583 e. The first kappa shape index (κ1) is 14.6. The molecule has 2 unspecified atom stereocenters. The Hall–Kier alpha value is -0.830. The van der Waals surface area contributed by atoms with E-state index in [2.05, 4.69) is 28.1 Å². The van der Waals surface area contributed by atoms with E-state index < -0.39 is 6.10 Å². The molecule has 3 heteroatoms. The van der Waals surface area contributed by atoms with Gasteiger partial charge in [0, 0.05) is 15.4 Å². The second-order valence-corrected chi connectivity index (χ2v) is 6.08. The lowest BCUT2D eigenvalue weighted by Gasteiger charge is -2.20. The van der Waals surface area contributed by atoms with Gasteiger partial charge in [-0.05, 0) is 48.7 Å². The maximum atomic E-state index is 10.0. The van der Waals surface area contributed by atoms with E-state index in [0.717, 1.165) is 21.5 Å². The van der Waals surface area contributed by atoms with E-state index in [1.54, 1.807) is 0 Å². The Morgan fingerprint density at radius 1 is 1.05 bits per heavy atom. The highest BCUT2D eigenvalue weighted by atomic mass is 79.9. The van der Waals surface area contributed by atoms with Crippen LogP contribution in [0.2, 0.25) is 5.02 Å². The van der Waals surface area contributed by atoms with Gasteiger partial charge in [0.1, 0.15) is 0 Å². The van der Waals surface area contributed by atoms with Gasteiger partial charge in [0.2, 0.25) is 0 Å². The molecule has 0 saturated heterocycles. The summed E-state index contributed by atoms with van der Waals surface area (Å²) >= 11 is 9.32. The van der Waals surface area contributed by atoms with Gasteiger partial charge in [-0.1, -0.05) is 51.8 Å². The van der Waals surface area contributed by atoms with Crippen molar-refractivity contribution in [3.8, 4) is 0 Å². The minimum absolute atomic E-state index is 0.0919. The molecule has 2 atom stereocenters. The zero-order valence-corrected chi connectivity index (χ0v) is 13.0. The monoisotopic (exact) mass is 338 g/mol. The van der Waals surface area contributed by atoms with E-state index in [9.17, 15) is 5.11 Å². The average molecular weight is 340 g/mol. The zero-order valence-electron chi connectivity index (χ0n) is 10.7. The molecular formula is C16H16BrClO. The Labute approximate surface area is 127 Å². The second-order valence-electron chi connectivity index (χ2n) is 4.73. The minimum atomic E-state index is -0.392. The Bertz CT molecular complexity index is 519. The van der Waals surface area contributed by atoms with E-state index in [1.807, 2.05) is 43.3 Å². The quantitative estimate of drug-likeness (QED) is 0.847. The molecule has 19 heavy (non-hydrogen) atoms. The standard InChI is InChI=1S/C16H16BrClO/c1-11(19)16(13-4-6-14(17)7-5-13)10-12-2-8-15(18)9-3-12/h2-9,11,16,19H,10H2,1H3. The minimum Gasteiger partial charge on any atom is -0.393 e. The van der Waals surface area contributed by atoms with Gasteiger partial charge in [-0.15, -0.1) is 0 Å². The third-order valence-electron chi connectivity index (χ3n) is 3.25. The van der Waals surface area contributed by atoms with E-state index in [1.165, 1.54) is 5.56 Å². The van der Waals surface area contributed by atoms with Crippen LogP contribution in [0.4, 0.5) is 0 Å². The summed E-state index contributed by atoms with van der Waals surface area (Å²) in [5, 5.41) is 10.8. The molecule has 2 aromatic carbocycles. The Balaban J connectivity index is 2.21. The first-order valence-corrected chi connectivity index (χ1v) is 7.41. The Morgan fingerprint density at radius 3 is 2.16 bits per heavy atom. The summed E-state index contributed by atoms with van der Waals surface area (Å²) in [6.45, 7) is 1.84. The van der Waals surface area contributed by atoms with Gasteiger partial charge in [-0.3, -0.25) is 0 Å². The van der Waals surface area contributed by atoms with Crippen LogP contribution in [0.1, 0.15) is 24.0 Å². The molecule has 0 aliphatic rings. The van der Waals surface area contributed by atoms with Crippen LogP contribution in [0.25, 0.3) is 0 Å². The normalized spacial score (nSPS) is 14.1. The van der Waals surface area contributed by atoms with E-state index in [0.29, 0.717) is 0 Å². The smallest absolute Gasteiger partial charge is 0.0583 e. The van der Waals surface area contributed by atoms with Crippen LogP contribution in [0.15, 0.2) is 53.0 Å². The van der Waals surface area contributed by atoms with Crippen LogP contribution in [-0.2, 0) is 6.42 Å². The number of aliphatic hydroxyl groups is 1. The molecule has 0 aromatic heterocycles. The molecule has 0 saturated carbocycles. The van der Waals surface area contributed by atoms with Crippen LogP contribution < -0.4 is 0 Å². The van der Waals surface area contributed by atoms with E-state index in [-0.39, 0.29) is 5.92 Å². The molecule has 0 spiro atoms. The summed E-state index contributed by atoms with van der Waals surface area (Å²) in [5.41, 5.74) is 2.33. The largest absolute Gasteiger partial charge is 0.393 e. The molecule has 0 aliphatic carbocycles. The summed E-state index contributed by atoms with van der Waals surface area (Å²) < 4.78 is 1.05. The van der Waals surface area contributed by atoms with Crippen LogP contribution in [0, 0.1) is 0 Å².